The summed E-state index contributed by atoms with van der Waals surface area (Å²) in [4.78, 5) is 17.0. The molecule has 0 amide bonds. The fraction of sp³-hybridized carbons (Fsp3) is 0.200. The Kier molecular flexibility index (Phi) is 5.37. The van der Waals surface area contributed by atoms with Crippen LogP contribution in [0, 0.1) is 0 Å². The number of carbonyl (C=O) groups excluding carboxylic acids is 1. The standard InChI is InChI=1S/C15H15NO5S/c1-18-10-4-6-11(7-5-10)21-12-8-9-22-14(12)13(16-20-3)15(17)19-2/h4-9H,1-3H3/b16-13-. The zero-order chi connectivity index (χ0) is 15.9. The molecule has 116 valence electrons. The second kappa shape index (κ2) is 7.46. The molecule has 0 N–H and O–H groups in total. The highest BCUT2D eigenvalue weighted by Crippen LogP contribution is 2.31. The molecule has 2 aromatic rings. The minimum Gasteiger partial charge on any atom is -0.497 e. The highest BCUT2D eigenvalue weighted by molar-refractivity contribution is 7.13. The fourth-order valence-corrected chi connectivity index (χ4v) is 2.47. The summed E-state index contributed by atoms with van der Waals surface area (Å²) in [6.07, 6.45) is 0. The molecule has 0 aliphatic rings. The minimum atomic E-state index is -0.594. The molecule has 0 bridgehead atoms. The van der Waals surface area contributed by atoms with Gasteiger partial charge in [0, 0.05) is 0 Å². The zero-order valence-corrected chi connectivity index (χ0v) is 13.2. The Morgan fingerprint density at radius 2 is 1.73 bits per heavy atom. The van der Waals surface area contributed by atoms with Crippen molar-refractivity contribution in [3.05, 3.63) is 40.6 Å². The summed E-state index contributed by atoms with van der Waals surface area (Å²) in [6.45, 7) is 0. The van der Waals surface area contributed by atoms with E-state index in [1.807, 2.05) is 0 Å². The first-order chi connectivity index (χ1) is 10.7. The van der Waals surface area contributed by atoms with Crippen molar-refractivity contribution in [3.8, 4) is 17.2 Å². The molecule has 2 rings (SSSR count). The van der Waals surface area contributed by atoms with Crippen molar-refractivity contribution in [1.82, 2.24) is 0 Å². The van der Waals surface area contributed by atoms with Crippen molar-refractivity contribution in [1.29, 1.82) is 0 Å². The van der Waals surface area contributed by atoms with Crippen LogP contribution in [0.1, 0.15) is 4.88 Å². The van der Waals surface area contributed by atoms with Crippen molar-refractivity contribution < 1.29 is 23.8 Å². The molecule has 0 aliphatic heterocycles. The van der Waals surface area contributed by atoms with E-state index >= 15 is 0 Å². The summed E-state index contributed by atoms with van der Waals surface area (Å²) in [5, 5.41) is 5.51. The maximum Gasteiger partial charge on any atom is 0.361 e. The normalized spacial score (nSPS) is 11.0. The number of oxime groups is 1. The third kappa shape index (κ3) is 3.56. The molecule has 7 heteroatoms. The van der Waals surface area contributed by atoms with Gasteiger partial charge in [0.2, 0.25) is 5.71 Å². The summed E-state index contributed by atoms with van der Waals surface area (Å²) < 4.78 is 15.6. The van der Waals surface area contributed by atoms with Gasteiger partial charge in [-0.05, 0) is 35.7 Å². The third-order valence-corrected chi connectivity index (χ3v) is 3.60. The quantitative estimate of drug-likeness (QED) is 0.465. The topological polar surface area (TPSA) is 66.4 Å². The molecule has 0 unspecified atom stereocenters. The van der Waals surface area contributed by atoms with Crippen molar-refractivity contribution in [2.75, 3.05) is 21.3 Å². The Morgan fingerprint density at radius 1 is 1.05 bits per heavy atom. The Bertz CT molecular complexity index is 663. The number of carbonyl (C=O) groups is 1. The van der Waals surface area contributed by atoms with E-state index in [2.05, 4.69) is 5.16 Å². The lowest BCUT2D eigenvalue weighted by atomic mass is 10.3. The van der Waals surface area contributed by atoms with E-state index in [0.29, 0.717) is 16.4 Å². The second-order valence-electron chi connectivity index (χ2n) is 4.01. The number of hydrogen-bond donors (Lipinski definition) is 0. The van der Waals surface area contributed by atoms with Gasteiger partial charge in [0.25, 0.3) is 0 Å². The molecule has 0 radical (unpaired) electrons. The zero-order valence-electron chi connectivity index (χ0n) is 12.4. The summed E-state index contributed by atoms with van der Waals surface area (Å²) in [5.41, 5.74) is 0.0588. The monoisotopic (exact) mass is 321 g/mol. The average molecular weight is 321 g/mol. The maximum atomic E-state index is 11.8. The lowest BCUT2D eigenvalue weighted by molar-refractivity contribution is -0.132. The largest absolute Gasteiger partial charge is 0.497 e. The van der Waals surface area contributed by atoms with Crippen LogP contribution in [0.2, 0.25) is 0 Å². The van der Waals surface area contributed by atoms with Crippen LogP contribution < -0.4 is 9.47 Å². The van der Waals surface area contributed by atoms with Crippen molar-refractivity contribution >= 4 is 23.0 Å². The van der Waals surface area contributed by atoms with Gasteiger partial charge in [0.1, 0.15) is 29.2 Å². The Morgan fingerprint density at radius 3 is 2.32 bits per heavy atom. The van der Waals surface area contributed by atoms with Crippen molar-refractivity contribution in [3.63, 3.8) is 0 Å². The van der Waals surface area contributed by atoms with Gasteiger partial charge in [-0.25, -0.2) is 4.79 Å². The predicted molar refractivity (Wildman–Crippen MR) is 82.9 cm³/mol. The number of thiophene rings is 1. The van der Waals surface area contributed by atoms with E-state index in [1.165, 1.54) is 25.6 Å². The molecule has 6 nitrogen and oxygen atoms in total. The molecule has 0 fully saturated rings. The number of methoxy groups -OCH3 is 2. The highest BCUT2D eigenvalue weighted by Gasteiger charge is 2.22. The second-order valence-corrected chi connectivity index (χ2v) is 4.92. The summed E-state index contributed by atoms with van der Waals surface area (Å²) >= 11 is 1.31. The van der Waals surface area contributed by atoms with Gasteiger partial charge in [0.15, 0.2) is 0 Å². The molecule has 0 atom stereocenters. The smallest absolute Gasteiger partial charge is 0.361 e. The van der Waals surface area contributed by atoms with Crippen LogP contribution in [0.15, 0.2) is 40.9 Å². The first-order valence-corrected chi connectivity index (χ1v) is 7.16. The van der Waals surface area contributed by atoms with Gasteiger partial charge in [-0.1, -0.05) is 5.16 Å². The summed E-state index contributed by atoms with van der Waals surface area (Å²) in [6, 6.07) is 8.85. The summed E-state index contributed by atoms with van der Waals surface area (Å²) in [7, 11) is 4.24. The number of benzene rings is 1. The van der Waals surface area contributed by atoms with Gasteiger partial charge in [-0.15, -0.1) is 11.3 Å². The highest BCUT2D eigenvalue weighted by atomic mass is 32.1. The van der Waals surface area contributed by atoms with E-state index in [4.69, 9.17) is 19.0 Å². The van der Waals surface area contributed by atoms with Gasteiger partial charge < -0.3 is 19.0 Å². The summed E-state index contributed by atoms with van der Waals surface area (Å²) in [5.74, 6) is 1.25. The van der Waals surface area contributed by atoms with E-state index in [0.717, 1.165) is 5.75 Å². The van der Waals surface area contributed by atoms with E-state index < -0.39 is 5.97 Å². The van der Waals surface area contributed by atoms with Gasteiger partial charge in [-0.3, -0.25) is 0 Å². The van der Waals surface area contributed by atoms with Crippen molar-refractivity contribution in [2.24, 2.45) is 5.16 Å². The van der Waals surface area contributed by atoms with Crippen LogP contribution >= 0.6 is 11.3 Å². The first kappa shape index (κ1) is 15.8. The van der Waals surface area contributed by atoms with Gasteiger partial charge >= 0.3 is 5.97 Å². The van der Waals surface area contributed by atoms with Crippen LogP contribution in [0.4, 0.5) is 0 Å². The molecule has 1 aromatic carbocycles. The van der Waals surface area contributed by atoms with Crippen LogP contribution in [0.5, 0.6) is 17.2 Å². The molecule has 0 saturated heterocycles. The Hall–Kier alpha value is -2.54. The molecule has 0 spiro atoms. The lowest BCUT2D eigenvalue weighted by Gasteiger charge is -2.08. The van der Waals surface area contributed by atoms with Crippen LogP contribution in [-0.4, -0.2) is 33.0 Å². The van der Waals surface area contributed by atoms with E-state index in [9.17, 15) is 4.79 Å². The number of nitrogens with zero attached hydrogens (tertiary/aromatic N) is 1. The van der Waals surface area contributed by atoms with Gasteiger partial charge in [0.05, 0.1) is 14.2 Å². The predicted octanol–water partition coefficient (Wildman–Crippen LogP) is 3.07. The SMILES string of the molecule is CO/N=C(\C(=O)OC)c1sccc1Oc1ccc(OC)cc1. The maximum absolute atomic E-state index is 11.8. The third-order valence-electron chi connectivity index (χ3n) is 2.69. The number of hydrogen-bond acceptors (Lipinski definition) is 7. The van der Waals surface area contributed by atoms with Crippen LogP contribution in [0.3, 0.4) is 0 Å². The fourth-order valence-electron chi connectivity index (χ4n) is 1.68. The molecule has 0 aliphatic carbocycles. The van der Waals surface area contributed by atoms with Gasteiger partial charge in [-0.2, -0.15) is 0 Å². The number of rotatable bonds is 6. The molecule has 22 heavy (non-hydrogen) atoms. The lowest BCUT2D eigenvalue weighted by Crippen LogP contribution is -2.16. The first-order valence-electron chi connectivity index (χ1n) is 6.28. The van der Waals surface area contributed by atoms with Crippen LogP contribution in [-0.2, 0) is 14.4 Å². The molecule has 0 saturated carbocycles. The average Bonchev–Trinajstić information content (AvgIpc) is 3.00. The minimum absolute atomic E-state index is 0.0588. The number of ether oxygens (including phenoxy) is 3. The Labute approximate surface area is 131 Å². The van der Waals surface area contributed by atoms with Crippen LogP contribution in [0.25, 0.3) is 0 Å². The van der Waals surface area contributed by atoms with Crippen molar-refractivity contribution in [2.45, 2.75) is 0 Å². The molecule has 1 heterocycles. The molecular formula is C15H15NO5S. The Balaban J connectivity index is 2.27. The number of esters is 1. The van der Waals surface area contributed by atoms with E-state index in [-0.39, 0.29) is 5.71 Å². The van der Waals surface area contributed by atoms with E-state index in [1.54, 1.807) is 42.8 Å². The molecular weight excluding hydrogens is 306 g/mol. The molecule has 1 aromatic heterocycles.